The van der Waals surface area contributed by atoms with E-state index in [1.165, 1.54) is 36.9 Å². The number of hydrogen-bond acceptors (Lipinski definition) is 2. The van der Waals surface area contributed by atoms with E-state index >= 15 is 0 Å². The summed E-state index contributed by atoms with van der Waals surface area (Å²) >= 11 is 0. The lowest BCUT2D eigenvalue weighted by Gasteiger charge is -2.24. The van der Waals surface area contributed by atoms with Crippen molar-refractivity contribution in [3.8, 4) is 5.75 Å². The van der Waals surface area contributed by atoms with Crippen molar-refractivity contribution in [2.75, 3.05) is 13.2 Å². The number of benzene rings is 1. The Kier molecular flexibility index (Phi) is 5.69. The molecule has 1 fully saturated rings. The van der Waals surface area contributed by atoms with Gasteiger partial charge in [-0.05, 0) is 61.3 Å². The maximum Gasteiger partial charge on any atom is 0.123 e. The van der Waals surface area contributed by atoms with E-state index in [9.17, 15) is 0 Å². The third-order valence-corrected chi connectivity index (χ3v) is 4.38. The Morgan fingerprint density at radius 1 is 1.29 bits per heavy atom. The molecule has 1 aliphatic rings. The van der Waals surface area contributed by atoms with Crippen LogP contribution in [0.15, 0.2) is 18.2 Å². The lowest BCUT2D eigenvalue weighted by molar-refractivity contribution is 0.291. The van der Waals surface area contributed by atoms with Crippen LogP contribution in [0.5, 0.6) is 5.75 Å². The summed E-state index contributed by atoms with van der Waals surface area (Å²) in [5.41, 5.74) is 2.86. The fourth-order valence-corrected chi connectivity index (χ4v) is 3.02. The highest BCUT2D eigenvalue weighted by molar-refractivity contribution is 5.41. The summed E-state index contributed by atoms with van der Waals surface area (Å²) < 4.78 is 6.10. The normalized spacial score (nSPS) is 19.0. The van der Waals surface area contributed by atoms with Crippen molar-refractivity contribution < 1.29 is 4.74 Å². The number of rotatable bonds is 6. The summed E-state index contributed by atoms with van der Waals surface area (Å²) in [7, 11) is 0. The first-order valence-electron chi connectivity index (χ1n) is 8.50. The quantitative estimate of drug-likeness (QED) is 0.781. The van der Waals surface area contributed by atoms with E-state index in [2.05, 4.69) is 51.2 Å². The Hall–Kier alpha value is -1.02. The van der Waals surface area contributed by atoms with E-state index < -0.39 is 0 Å². The molecule has 0 spiro atoms. The van der Waals surface area contributed by atoms with Gasteiger partial charge >= 0.3 is 0 Å². The second-order valence-electron chi connectivity index (χ2n) is 7.22. The van der Waals surface area contributed by atoms with Crippen LogP contribution in [0.2, 0.25) is 0 Å². The zero-order chi connectivity index (χ0) is 15.3. The van der Waals surface area contributed by atoms with Gasteiger partial charge in [0.15, 0.2) is 0 Å². The Balaban J connectivity index is 1.92. The number of hydrogen-bond donors (Lipinski definition) is 1. The molecule has 0 saturated carbocycles. The highest BCUT2D eigenvalue weighted by Crippen LogP contribution is 2.32. The van der Waals surface area contributed by atoms with E-state index in [1.54, 1.807) is 0 Å². The second kappa shape index (κ2) is 7.31. The molecule has 1 N–H and O–H groups in total. The minimum atomic E-state index is 0.132. The molecule has 0 aromatic heterocycles. The van der Waals surface area contributed by atoms with Gasteiger partial charge in [-0.2, -0.15) is 0 Å². The molecule has 0 bridgehead atoms. The van der Waals surface area contributed by atoms with Crippen LogP contribution in [0.1, 0.15) is 64.5 Å². The third-order valence-electron chi connectivity index (χ3n) is 4.38. The average Bonchev–Trinajstić information content (AvgIpc) is 2.96. The predicted molar refractivity (Wildman–Crippen MR) is 90.3 cm³/mol. The van der Waals surface area contributed by atoms with Crippen LogP contribution in [0.4, 0.5) is 0 Å². The summed E-state index contributed by atoms with van der Waals surface area (Å²) in [4.78, 5) is 0. The highest BCUT2D eigenvalue weighted by atomic mass is 16.5. The SMILES string of the molecule is CCc1ccc(OCCCC2CCCN2)c(C(C)(C)C)c1. The van der Waals surface area contributed by atoms with Gasteiger partial charge in [-0.15, -0.1) is 0 Å². The van der Waals surface area contributed by atoms with Crippen molar-refractivity contribution in [1.29, 1.82) is 0 Å². The van der Waals surface area contributed by atoms with Crippen LogP contribution in [-0.4, -0.2) is 19.2 Å². The number of aryl methyl sites for hydroxylation is 1. The van der Waals surface area contributed by atoms with Crippen molar-refractivity contribution in [2.24, 2.45) is 0 Å². The molecule has 0 radical (unpaired) electrons. The first kappa shape index (κ1) is 16.4. The van der Waals surface area contributed by atoms with Crippen LogP contribution in [0, 0.1) is 0 Å². The standard InChI is InChI=1S/C19H31NO/c1-5-15-10-11-18(17(14-15)19(2,3)4)21-13-7-9-16-8-6-12-20-16/h10-11,14,16,20H,5-9,12-13H2,1-4H3. The van der Waals surface area contributed by atoms with Gasteiger partial charge in [0.25, 0.3) is 0 Å². The topological polar surface area (TPSA) is 21.3 Å². The molecule has 1 aromatic rings. The summed E-state index contributed by atoms with van der Waals surface area (Å²) in [6, 6.07) is 7.39. The molecule has 1 heterocycles. The van der Waals surface area contributed by atoms with Crippen molar-refractivity contribution in [1.82, 2.24) is 5.32 Å². The molecule has 1 atom stereocenters. The monoisotopic (exact) mass is 289 g/mol. The van der Waals surface area contributed by atoms with E-state index in [0.29, 0.717) is 0 Å². The van der Waals surface area contributed by atoms with E-state index in [0.717, 1.165) is 31.2 Å². The van der Waals surface area contributed by atoms with Crippen LogP contribution in [-0.2, 0) is 11.8 Å². The summed E-state index contributed by atoms with van der Waals surface area (Å²) in [5.74, 6) is 1.07. The molecular weight excluding hydrogens is 258 g/mol. The molecule has 1 unspecified atom stereocenters. The fourth-order valence-electron chi connectivity index (χ4n) is 3.02. The first-order valence-corrected chi connectivity index (χ1v) is 8.50. The first-order chi connectivity index (χ1) is 10.0. The molecule has 1 aliphatic heterocycles. The van der Waals surface area contributed by atoms with Crippen LogP contribution < -0.4 is 10.1 Å². The number of nitrogens with one attached hydrogen (secondary N) is 1. The lowest BCUT2D eigenvalue weighted by Crippen LogP contribution is -2.21. The molecule has 1 aromatic carbocycles. The zero-order valence-corrected chi connectivity index (χ0v) is 14.2. The summed E-state index contributed by atoms with van der Waals surface area (Å²) in [6.07, 6.45) is 6.11. The van der Waals surface area contributed by atoms with Gasteiger partial charge in [-0.25, -0.2) is 0 Å². The van der Waals surface area contributed by atoms with Crippen molar-refractivity contribution in [3.63, 3.8) is 0 Å². The Labute approximate surface area is 130 Å². The van der Waals surface area contributed by atoms with Gasteiger partial charge in [0, 0.05) is 6.04 Å². The summed E-state index contributed by atoms with van der Waals surface area (Å²) in [6.45, 7) is 11.0. The Morgan fingerprint density at radius 2 is 2.10 bits per heavy atom. The molecule has 0 aliphatic carbocycles. The van der Waals surface area contributed by atoms with Gasteiger partial charge in [-0.3, -0.25) is 0 Å². The molecule has 21 heavy (non-hydrogen) atoms. The van der Waals surface area contributed by atoms with Crippen LogP contribution >= 0.6 is 0 Å². The molecule has 2 nitrogen and oxygen atoms in total. The second-order valence-corrected chi connectivity index (χ2v) is 7.22. The van der Waals surface area contributed by atoms with Gasteiger partial charge in [0.1, 0.15) is 5.75 Å². The number of ether oxygens (including phenoxy) is 1. The van der Waals surface area contributed by atoms with Crippen LogP contribution in [0.3, 0.4) is 0 Å². The molecule has 118 valence electrons. The maximum atomic E-state index is 6.10. The summed E-state index contributed by atoms with van der Waals surface area (Å²) in [5, 5.41) is 3.55. The van der Waals surface area contributed by atoms with Crippen molar-refractivity contribution in [3.05, 3.63) is 29.3 Å². The van der Waals surface area contributed by atoms with Gasteiger partial charge in [0.05, 0.1) is 6.61 Å². The van der Waals surface area contributed by atoms with Gasteiger partial charge < -0.3 is 10.1 Å². The molecule has 1 saturated heterocycles. The minimum Gasteiger partial charge on any atom is -0.493 e. The fraction of sp³-hybridized carbons (Fsp3) is 0.684. The van der Waals surface area contributed by atoms with E-state index in [1.807, 2.05) is 0 Å². The Morgan fingerprint density at radius 3 is 2.71 bits per heavy atom. The molecule has 2 rings (SSSR count). The predicted octanol–water partition coefficient (Wildman–Crippen LogP) is 4.46. The van der Waals surface area contributed by atoms with Crippen LogP contribution in [0.25, 0.3) is 0 Å². The average molecular weight is 289 g/mol. The van der Waals surface area contributed by atoms with Crippen molar-refractivity contribution >= 4 is 0 Å². The van der Waals surface area contributed by atoms with E-state index in [4.69, 9.17) is 4.74 Å². The maximum absolute atomic E-state index is 6.10. The largest absolute Gasteiger partial charge is 0.493 e. The third kappa shape index (κ3) is 4.74. The molecule has 2 heteroatoms. The van der Waals surface area contributed by atoms with E-state index in [-0.39, 0.29) is 5.41 Å². The molecule has 0 amide bonds. The zero-order valence-electron chi connectivity index (χ0n) is 14.2. The smallest absolute Gasteiger partial charge is 0.123 e. The minimum absolute atomic E-state index is 0.132. The van der Waals surface area contributed by atoms with Crippen molar-refractivity contribution in [2.45, 2.75) is 71.3 Å². The van der Waals surface area contributed by atoms with Gasteiger partial charge in [-0.1, -0.05) is 39.8 Å². The highest BCUT2D eigenvalue weighted by Gasteiger charge is 2.19. The lowest BCUT2D eigenvalue weighted by atomic mass is 9.85. The molecular formula is C19H31NO. The Bertz CT molecular complexity index is 441. The van der Waals surface area contributed by atoms with Gasteiger partial charge in [0.2, 0.25) is 0 Å².